The molecule has 2 nitrogen and oxygen atoms in total. The monoisotopic (exact) mass is 297 g/mol. The first-order valence-electron chi connectivity index (χ1n) is 6.11. The Morgan fingerprint density at radius 2 is 2.12 bits per heavy atom. The zero-order valence-electron chi connectivity index (χ0n) is 10.7. The molecule has 1 aromatic rings. The van der Waals surface area contributed by atoms with E-state index >= 15 is 0 Å². The third kappa shape index (κ3) is 4.90. The molecule has 0 radical (unpaired) electrons. The molecule has 0 fully saturated rings. The van der Waals surface area contributed by atoms with Gasteiger partial charge in [0.1, 0.15) is 0 Å². The first kappa shape index (κ1) is 14.2. The fraction of sp³-hybridized carbons (Fsp3) is 0.500. The molecule has 0 aliphatic carbocycles. The minimum Gasteiger partial charge on any atom is -0.350 e. The van der Waals surface area contributed by atoms with E-state index in [0.717, 1.165) is 34.9 Å². The van der Waals surface area contributed by atoms with E-state index in [-0.39, 0.29) is 11.9 Å². The van der Waals surface area contributed by atoms with Gasteiger partial charge in [-0.2, -0.15) is 0 Å². The maximum Gasteiger partial charge on any atom is 0.251 e. The Morgan fingerprint density at radius 3 is 2.71 bits per heavy atom. The summed E-state index contributed by atoms with van der Waals surface area (Å²) in [6.07, 6.45) is 3.35. The molecule has 1 aromatic carbocycles. The van der Waals surface area contributed by atoms with Crippen molar-refractivity contribution in [3.63, 3.8) is 0 Å². The van der Waals surface area contributed by atoms with Gasteiger partial charge < -0.3 is 5.32 Å². The number of halogens is 1. The number of amides is 1. The zero-order valence-corrected chi connectivity index (χ0v) is 12.3. The van der Waals surface area contributed by atoms with Crippen molar-refractivity contribution in [3.05, 3.63) is 33.8 Å². The lowest BCUT2D eigenvalue weighted by molar-refractivity contribution is 0.0938. The van der Waals surface area contributed by atoms with Crippen molar-refractivity contribution in [2.75, 3.05) is 0 Å². The van der Waals surface area contributed by atoms with Crippen molar-refractivity contribution >= 4 is 21.8 Å². The number of rotatable bonds is 5. The SMILES string of the molecule is CCCCC(C)NC(=O)c1cc(C)cc(Br)c1. The Balaban J connectivity index is 2.63. The van der Waals surface area contributed by atoms with Crippen molar-refractivity contribution < 1.29 is 4.79 Å². The topological polar surface area (TPSA) is 29.1 Å². The maximum absolute atomic E-state index is 12.0. The number of nitrogens with one attached hydrogen (secondary N) is 1. The van der Waals surface area contributed by atoms with E-state index < -0.39 is 0 Å². The molecule has 1 rings (SSSR count). The van der Waals surface area contributed by atoms with Gasteiger partial charge >= 0.3 is 0 Å². The molecule has 1 unspecified atom stereocenters. The lowest BCUT2D eigenvalue weighted by Crippen LogP contribution is -2.32. The van der Waals surface area contributed by atoms with Crippen LogP contribution in [-0.4, -0.2) is 11.9 Å². The smallest absolute Gasteiger partial charge is 0.251 e. The molecule has 0 bridgehead atoms. The molecule has 1 amide bonds. The highest BCUT2D eigenvalue weighted by molar-refractivity contribution is 9.10. The van der Waals surface area contributed by atoms with Crippen LogP contribution < -0.4 is 5.32 Å². The molecule has 94 valence electrons. The van der Waals surface area contributed by atoms with E-state index in [4.69, 9.17) is 0 Å². The standard InChI is InChI=1S/C14H20BrNO/c1-4-5-6-11(3)16-14(17)12-7-10(2)8-13(15)9-12/h7-9,11H,4-6H2,1-3H3,(H,16,17). The molecule has 17 heavy (non-hydrogen) atoms. The Morgan fingerprint density at radius 1 is 1.41 bits per heavy atom. The van der Waals surface area contributed by atoms with Crippen LogP contribution in [-0.2, 0) is 0 Å². The van der Waals surface area contributed by atoms with Crippen LogP contribution in [0.15, 0.2) is 22.7 Å². The van der Waals surface area contributed by atoms with Gasteiger partial charge in [0, 0.05) is 16.1 Å². The van der Waals surface area contributed by atoms with Crippen molar-refractivity contribution in [2.24, 2.45) is 0 Å². The lowest BCUT2D eigenvalue weighted by atomic mass is 10.1. The summed E-state index contributed by atoms with van der Waals surface area (Å²) in [4.78, 5) is 12.0. The number of benzene rings is 1. The highest BCUT2D eigenvalue weighted by Gasteiger charge is 2.10. The van der Waals surface area contributed by atoms with Gasteiger partial charge in [-0.1, -0.05) is 35.7 Å². The first-order chi connectivity index (χ1) is 8.02. The second kappa shape index (κ2) is 6.80. The number of hydrogen-bond donors (Lipinski definition) is 1. The summed E-state index contributed by atoms with van der Waals surface area (Å²) < 4.78 is 0.948. The van der Waals surface area contributed by atoms with Crippen LogP contribution in [0, 0.1) is 6.92 Å². The average Bonchev–Trinajstić information content (AvgIpc) is 2.25. The van der Waals surface area contributed by atoms with E-state index in [9.17, 15) is 4.79 Å². The van der Waals surface area contributed by atoms with E-state index in [1.54, 1.807) is 0 Å². The van der Waals surface area contributed by atoms with Gasteiger partial charge in [-0.05, 0) is 44.0 Å². The third-order valence-corrected chi connectivity index (χ3v) is 3.13. The number of hydrogen-bond acceptors (Lipinski definition) is 1. The number of carbonyl (C=O) groups excluding carboxylic acids is 1. The molecule has 0 spiro atoms. The quantitative estimate of drug-likeness (QED) is 0.872. The molecule has 0 saturated carbocycles. The number of carbonyl (C=O) groups is 1. The summed E-state index contributed by atoms with van der Waals surface area (Å²) in [5.41, 5.74) is 1.81. The van der Waals surface area contributed by atoms with Crippen molar-refractivity contribution in [1.82, 2.24) is 5.32 Å². The Hall–Kier alpha value is -0.830. The van der Waals surface area contributed by atoms with E-state index in [1.165, 1.54) is 0 Å². The minimum absolute atomic E-state index is 0.0120. The summed E-state index contributed by atoms with van der Waals surface area (Å²) in [5, 5.41) is 3.03. The summed E-state index contributed by atoms with van der Waals surface area (Å²) in [5.74, 6) is 0.0120. The highest BCUT2D eigenvalue weighted by atomic mass is 79.9. The summed E-state index contributed by atoms with van der Waals surface area (Å²) in [6.45, 7) is 6.20. The van der Waals surface area contributed by atoms with Crippen LogP contribution in [0.2, 0.25) is 0 Å². The van der Waals surface area contributed by atoms with Crippen LogP contribution in [0.3, 0.4) is 0 Å². The summed E-state index contributed by atoms with van der Waals surface area (Å²) in [7, 11) is 0. The predicted molar refractivity (Wildman–Crippen MR) is 75.3 cm³/mol. The summed E-state index contributed by atoms with van der Waals surface area (Å²) >= 11 is 3.41. The molecule has 1 atom stereocenters. The third-order valence-electron chi connectivity index (χ3n) is 2.67. The van der Waals surface area contributed by atoms with Crippen LogP contribution >= 0.6 is 15.9 Å². The van der Waals surface area contributed by atoms with Gasteiger partial charge in [-0.25, -0.2) is 0 Å². The molecule has 0 aliphatic heterocycles. The molecule has 0 heterocycles. The molecular weight excluding hydrogens is 278 g/mol. The van der Waals surface area contributed by atoms with Gasteiger partial charge in [0.05, 0.1) is 0 Å². The van der Waals surface area contributed by atoms with Crippen molar-refractivity contribution in [3.8, 4) is 0 Å². The fourth-order valence-electron chi connectivity index (χ4n) is 1.76. The van der Waals surface area contributed by atoms with E-state index in [2.05, 4.69) is 35.1 Å². The van der Waals surface area contributed by atoms with E-state index in [1.807, 2.05) is 25.1 Å². The minimum atomic E-state index is 0.0120. The van der Waals surface area contributed by atoms with Crippen molar-refractivity contribution in [1.29, 1.82) is 0 Å². The summed E-state index contributed by atoms with van der Waals surface area (Å²) in [6, 6.07) is 6.00. The predicted octanol–water partition coefficient (Wildman–Crippen LogP) is 4.07. The Labute approximate surface area is 112 Å². The Bertz CT molecular complexity index is 370. The Kier molecular flexibility index (Phi) is 5.69. The zero-order chi connectivity index (χ0) is 12.8. The van der Waals surface area contributed by atoms with Gasteiger partial charge in [-0.3, -0.25) is 4.79 Å². The highest BCUT2D eigenvalue weighted by Crippen LogP contribution is 2.15. The van der Waals surface area contributed by atoms with Crippen molar-refractivity contribution in [2.45, 2.75) is 46.1 Å². The normalized spacial score (nSPS) is 12.2. The first-order valence-corrected chi connectivity index (χ1v) is 6.90. The van der Waals surface area contributed by atoms with Gasteiger partial charge in [0.2, 0.25) is 0 Å². The molecular formula is C14H20BrNO. The molecule has 0 saturated heterocycles. The van der Waals surface area contributed by atoms with Crippen LogP contribution in [0.1, 0.15) is 49.0 Å². The molecule has 3 heteroatoms. The average molecular weight is 298 g/mol. The fourth-order valence-corrected chi connectivity index (χ4v) is 2.36. The van der Waals surface area contributed by atoms with Gasteiger partial charge in [0.15, 0.2) is 0 Å². The lowest BCUT2D eigenvalue weighted by Gasteiger charge is -2.13. The molecule has 1 N–H and O–H groups in total. The maximum atomic E-state index is 12.0. The van der Waals surface area contributed by atoms with Crippen LogP contribution in [0.25, 0.3) is 0 Å². The van der Waals surface area contributed by atoms with Crippen LogP contribution in [0.4, 0.5) is 0 Å². The van der Waals surface area contributed by atoms with Gasteiger partial charge in [-0.15, -0.1) is 0 Å². The molecule has 0 aliphatic rings. The number of unbranched alkanes of at least 4 members (excludes halogenated alkanes) is 1. The van der Waals surface area contributed by atoms with E-state index in [0.29, 0.717) is 0 Å². The second-order valence-corrected chi connectivity index (χ2v) is 5.45. The number of aryl methyl sites for hydroxylation is 1. The van der Waals surface area contributed by atoms with Gasteiger partial charge in [0.25, 0.3) is 5.91 Å². The van der Waals surface area contributed by atoms with Crippen LogP contribution in [0.5, 0.6) is 0 Å². The largest absolute Gasteiger partial charge is 0.350 e. The second-order valence-electron chi connectivity index (χ2n) is 4.53. The molecule has 0 aromatic heterocycles.